The van der Waals surface area contributed by atoms with Gasteiger partial charge in [0, 0.05) is 12.1 Å². The highest BCUT2D eigenvalue weighted by molar-refractivity contribution is 7.13. The number of methoxy groups -OCH3 is 2. The van der Waals surface area contributed by atoms with Crippen molar-refractivity contribution in [3.05, 3.63) is 69.5 Å². The van der Waals surface area contributed by atoms with Crippen LogP contribution in [-0.2, 0) is 0 Å². The summed E-state index contributed by atoms with van der Waals surface area (Å²) in [7, 11) is 2.98. The number of carbonyl (C=O) groups excluding carboxylic acids is 1. The Morgan fingerprint density at radius 3 is 2.64 bits per heavy atom. The van der Waals surface area contributed by atoms with E-state index in [1.165, 1.54) is 36.3 Å². The van der Waals surface area contributed by atoms with Crippen molar-refractivity contribution >= 4 is 23.1 Å². The second kappa shape index (κ2) is 9.29. The highest BCUT2D eigenvalue weighted by Crippen LogP contribution is 2.32. The molecule has 170 valence electrons. The minimum absolute atomic E-state index is 0.0393. The summed E-state index contributed by atoms with van der Waals surface area (Å²) in [5, 5.41) is 9.42. The fourth-order valence-corrected chi connectivity index (χ4v) is 3.97. The Hall–Kier alpha value is -3.92. The molecule has 0 aliphatic rings. The zero-order chi connectivity index (χ0) is 23.5. The summed E-state index contributed by atoms with van der Waals surface area (Å²) in [5.74, 6) is 0.924. The van der Waals surface area contributed by atoms with E-state index in [1.807, 2.05) is 31.4 Å². The van der Waals surface area contributed by atoms with E-state index < -0.39 is 5.91 Å². The monoisotopic (exact) mass is 465 g/mol. The molecule has 0 aliphatic heterocycles. The molecule has 1 amide bonds. The summed E-state index contributed by atoms with van der Waals surface area (Å²) >= 11 is 1.51. The van der Waals surface area contributed by atoms with Gasteiger partial charge in [0.05, 0.1) is 30.4 Å². The van der Waals surface area contributed by atoms with Crippen LogP contribution in [0.25, 0.3) is 16.5 Å². The van der Waals surface area contributed by atoms with Crippen molar-refractivity contribution in [2.24, 2.45) is 0 Å². The zero-order valence-corrected chi connectivity index (χ0v) is 19.4. The number of aromatic amines is 1. The molecule has 0 fully saturated rings. The van der Waals surface area contributed by atoms with E-state index in [9.17, 15) is 9.59 Å². The molecule has 0 radical (unpaired) electrons. The molecule has 2 N–H and O–H groups in total. The number of amides is 1. The molecule has 33 heavy (non-hydrogen) atoms. The number of thiophene rings is 1. The predicted molar refractivity (Wildman–Crippen MR) is 127 cm³/mol. The van der Waals surface area contributed by atoms with Gasteiger partial charge in [0.2, 0.25) is 5.95 Å². The number of hydrogen-bond donors (Lipinski definition) is 2. The number of ether oxygens (including phenoxy) is 2. The summed E-state index contributed by atoms with van der Waals surface area (Å²) < 4.78 is 12.1. The fourth-order valence-electron chi connectivity index (χ4n) is 3.29. The Labute approximate surface area is 194 Å². The van der Waals surface area contributed by atoms with Crippen LogP contribution < -0.4 is 20.3 Å². The zero-order valence-electron chi connectivity index (χ0n) is 18.6. The smallest absolute Gasteiger partial charge is 0.260 e. The highest BCUT2D eigenvalue weighted by Gasteiger charge is 2.21. The van der Waals surface area contributed by atoms with Crippen molar-refractivity contribution in [1.82, 2.24) is 19.7 Å². The Balaban J connectivity index is 1.81. The van der Waals surface area contributed by atoms with E-state index >= 15 is 0 Å². The summed E-state index contributed by atoms with van der Waals surface area (Å²) in [4.78, 5) is 33.7. The van der Waals surface area contributed by atoms with Gasteiger partial charge in [-0.1, -0.05) is 26.0 Å². The molecule has 0 saturated heterocycles. The van der Waals surface area contributed by atoms with Crippen LogP contribution in [0.5, 0.6) is 11.5 Å². The number of nitrogens with one attached hydrogen (secondary N) is 2. The lowest BCUT2D eigenvalue weighted by molar-refractivity contribution is 0.102. The van der Waals surface area contributed by atoms with Crippen LogP contribution >= 0.6 is 11.3 Å². The van der Waals surface area contributed by atoms with Crippen LogP contribution in [0.4, 0.5) is 5.82 Å². The average molecular weight is 466 g/mol. The van der Waals surface area contributed by atoms with E-state index in [4.69, 9.17) is 9.47 Å². The number of anilines is 1. The SMILES string of the molecule is COc1cccc(C(=O)Nc2cc(-c3cccs3)nn2-c2nc(C(C)C)cc(=O)[nH]2)c1OC. The third-order valence-electron chi connectivity index (χ3n) is 4.91. The van der Waals surface area contributed by atoms with Gasteiger partial charge in [-0.25, -0.2) is 4.98 Å². The Kier molecular flexibility index (Phi) is 6.27. The number of H-pyrrole nitrogens is 1. The van der Waals surface area contributed by atoms with E-state index in [2.05, 4.69) is 20.4 Å². The number of benzene rings is 1. The molecule has 4 rings (SSSR count). The summed E-state index contributed by atoms with van der Waals surface area (Å²) in [5.41, 5.74) is 1.24. The molecule has 0 bridgehead atoms. The molecule has 3 heterocycles. The van der Waals surface area contributed by atoms with E-state index in [0.717, 1.165) is 4.88 Å². The first-order valence-corrected chi connectivity index (χ1v) is 11.1. The molecule has 0 saturated carbocycles. The van der Waals surface area contributed by atoms with Crippen molar-refractivity contribution in [3.63, 3.8) is 0 Å². The van der Waals surface area contributed by atoms with Crippen molar-refractivity contribution < 1.29 is 14.3 Å². The third-order valence-corrected chi connectivity index (χ3v) is 5.81. The molecule has 0 atom stereocenters. The number of carbonyl (C=O) groups is 1. The fraction of sp³-hybridized carbons (Fsp3) is 0.217. The van der Waals surface area contributed by atoms with Gasteiger partial charge in [0.15, 0.2) is 11.5 Å². The molecule has 0 aliphatic carbocycles. The minimum Gasteiger partial charge on any atom is -0.493 e. The van der Waals surface area contributed by atoms with Gasteiger partial charge in [-0.2, -0.15) is 9.78 Å². The summed E-state index contributed by atoms with van der Waals surface area (Å²) in [6.45, 7) is 3.90. The van der Waals surface area contributed by atoms with Gasteiger partial charge in [0.25, 0.3) is 11.5 Å². The summed E-state index contributed by atoms with van der Waals surface area (Å²) in [6.07, 6.45) is 0. The number of rotatable bonds is 7. The molecular formula is C23H23N5O4S. The van der Waals surface area contributed by atoms with Crippen molar-refractivity contribution in [1.29, 1.82) is 0 Å². The Bertz CT molecular complexity index is 1340. The molecule has 1 aromatic carbocycles. The van der Waals surface area contributed by atoms with Crippen LogP contribution in [0, 0.1) is 0 Å². The standard InChI is InChI=1S/C23H23N5O4S/c1-13(2)15-12-20(29)26-23(24-15)28-19(11-16(27-28)18-9-6-10-33-18)25-22(30)14-7-5-8-17(31-3)21(14)32-4/h5-13H,1-4H3,(H,25,30)(H,24,26,29). The number of aromatic nitrogens is 4. The molecule has 4 aromatic rings. The average Bonchev–Trinajstić information content (AvgIpc) is 3.48. The normalized spacial score (nSPS) is 10.9. The number of para-hydroxylation sites is 1. The van der Waals surface area contributed by atoms with Crippen LogP contribution in [-0.4, -0.2) is 39.9 Å². The highest BCUT2D eigenvalue weighted by atomic mass is 32.1. The second-order valence-electron chi connectivity index (χ2n) is 7.45. The predicted octanol–water partition coefficient (Wildman–Crippen LogP) is 4.08. The Morgan fingerprint density at radius 1 is 1.15 bits per heavy atom. The molecular weight excluding hydrogens is 442 g/mol. The molecule has 0 spiro atoms. The third kappa shape index (κ3) is 4.51. The van der Waals surface area contributed by atoms with Gasteiger partial charge in [0.1, 0.15) is 11.5 Å². The molecule has 9 nitrogen and oxygen atoms in total. The van der Waals surface area contributed by atoms with Crippen molar-refractivity contribution in [2.45, 2.75) is 19.8 Å². The first kappa shape index (κ1) is 22.3. The maximum Gasteiger partial charge on any atom is 0.260 e. The Morgan fingerprint density at radius 2 is 1.97 bits per heavy atom. The molecule has 0 unspecified atom stereocenters. The van der Waals surface area contributed by atoms with Crippen LogP contribution in [0.15, 0.2) is 52.6 Å². The maximum absolute atomic E-state index is 13.2. The topological polar surface area (TPSA) is 111 Å². The first-order chi connectivity index (χ1) is 15.9. The number of nitrogens with zero attached hydrogens (tertiary/aromatic N) is 3. The first-order valence-electron chi connectivity index (χ1n) is 10.2. The summed E-state index contributed by atoms with van der Waals surface area (Å²) in [6, 6.07) is 12.1. The maximum atomic E-state index is 13.2. The lowest BCUT2D eigenvalue weighted by Crippen LogP contribution is -2.20. The quantitative estimate of drug-likeness (QED) is 0.426. The van der Waals surface area contributed by atoms with Crippen molar-refractivity contribution in [3.8, 4) is 28.0 Å². The van der Waals surface area contributed by atoms with Gasteiger partial charge >= 0.3 is 0 Å². The lowest BCUT2D eigenvalue weighted by Gasteiger charge is -2.13. The van der Waals surface area contributed by atoms with E-state index in [-0.39, 0.29) is 17.4 Å². The van der Waals surface area contributed by atoms with Gasteiger partial charge in [-0.3, -0.25) is 14.6 Å². The number of hydrogen-bond acceptors (Lipinski definition) is 7. The largest absolute Gasteiger partial charge is 0.493 e. The minimum atomic E-state index is -0.424. The van der Waals surface area contributed by atoms with Crippen LogP contribution in [0.1, 0.15) is 35.8 Å². The van der Waals surface area contributed by atoms with Crippen LogP contribution in [0.2, 0.25) is 0 Å². The van der Waals surface area contributed by atoms with Gasteiger partial charge in [-0.15, -0.1) is 11.3 Å². The van der Waals surface area contributed by atoms with E-state index in [1.54, 1.807) is 24.3 Å². The van der Waals surface area contributed by atoms with E-state index in [0.29, 0.717) is 34.3 Å². The second-order valence-corrected chi connectivity index (χ2v) is 8.40. The molecule has 3 aromatic heterocycles. The van der Waals surface area contributed by atoms with Gasteiger partial charge in [-0.05, 0) is 29.5 Å². The van der Waals surface area contributed by atoms with Gasteiger partial charge < -0.3 is 14.8 Å². The van der Waals surface area contributed by atoms with Crippen LogP contribution in [0.3, 0.4) is 0 Å². The lowest BCUT2D eigenvalue weighted by atomic mass is 10.1. The van der Waals surface area contributed by atoms with Crippen molar-refractivity contribution in [2.75, 3.05) is 19.5 Å². The molecule has 10 heteroatoms.